The number of allylic oxidation sites excluding steroid dienone is 7. The minimum absolute atomic E-state index is 0.0309. The van der Waals surface area contributed by atoms with E-state index in [1.165, 1.54) is 0 Å². The molecule has 0 spiro atoms. The number of phosphoric ester groups is 1. The maximum Gasteiger partial charge on any atom is 0.306 e. The van der Waals surface area contributed by atoms with Gasteiger partial charge in [0.25, 0.3) is 7.82 Å². The SMILES string of the molecule is CCCCC[C@H](O)/C=C/C=C\C/C=C\C/C=C\CCCC(=O)O[C@H](CO)COP(=O)([O-])OCC[N+](C)(C)C. The van der Waals surface area contributed by atoms with Crippen LogP contribution in [-0.4, -0.2) is 80.4 Å². The molecule has 0 aromatic heterocycles. The number of rotatable bonds is 23. The maximum atomic E-state index is 12.0. The number of phosphoric acid groups is 1. The highest BCUT2D eigenvalue weighted by molar-refractivity contribution is 7.45. The predicted octanol–water partition coefficient (Wildman–Crippen LogP) is 4.21. The molecule has 38 heavy (non-hydrogen) atoms. The number of esters is 1. The van der Waals surface area contributed by atoms with E-state index in [-0.39, 0.29) is 19.1 Å². The van der Waals surface area contributed by atoms with E-state index in [9.17, 15) is 24.5 Å². The molecule has 0 saturated carbocycles. The van der Waals surface area contributed by atoms with Gasteiger partial charge in [-0.05, 0) is 32.1 Å². The molecule has 0 aromatic rings. The summed E-state index contributed by atoms with van der Waals surface area (Å²) in [5, 5.41) is 19.2. The molecular weight excluding hydrogens is 509 g/mol. The number of unbranched alkanes of at least 4 members (excludes halogenated alkanes) is 3. The van der Waals surface area contributed by atoms with Crippen LogP contribution in [0.1, 0.15) is 64.7 Å². The number of nitrogens with zero attached hydrogens (tertiary/aromatic N) is 1. The van der Waals surface area contributed by atoms with Crippen LogP contribution in [0, 0.1) is 0 Å². The third kappa shape index (κ3) is 24.7. The fourth-order valence-corrected chi connectivity index (χ4v) is 3.71. The van der Waals surface area contributed by atoms with E-state index < -0.39 is 33.1 Å². The molecule has 0 fully saturated rings. The Kier molecular flexibility index (Phi) is 21.3. The van der Waals surface area contributed by atoms with Crippen LogP contribution in [0.5, 0.6) is 0 Å². The van der Waals surface area contributed by atoms with Crippen molar-refractivity contribution in [1.82, 2.24) is 0 Å². The van der Waals surface area contributed by atoms with Gasteiger partial charge < -0.3 is 33.4 Å². The lowest BCUT2D eigenvalue weighted by molar-refractivity contribution is -0.870. The van der Waals surface area contributed by atoms with Crippen molar-refractivity contribution in [2.45, 2.75) is 76.9 Å². The molecule has 2 N–H and O–H groups in total. The summed E-state index contributed by atoms with van der Waals surface area (Å²) in [7, 11) is 1.16. The van der Waals surface area contributed by atoms with E-state index >= 15 is 0 Å². The number of aliphatic hydroxyl groups excluding tert-OH is 2. The van der Waals surface area contributed by atoms with Crippen LogP contribution in [0.3, 0.4) is 0 Å². The Hall–Kier alpha value is -1.58. The number of hydrogen-bond donors (Lipinski definition) is 2. The lowest BCUT2D eigenvalue weighted by Gasteiger charge is -2.28. The first-order valence-electron chi connectivity index (χ1n) is 13.5. The summed E-state index contributed by atoms with van der Waals surface area (Å²) in [5.74, 6) is -0.526. The second kappa shape index (κ2) is 22.3. The molecule has 0 aliphatic heterocycles. The highest BCUT2D eigenvalue weighted by Crippen LogP contribution is 2.38. The van der Waals surface area contributed by atoms with Crippen LogP contribution in [0.2, 0.25) is 0 Å². The third-order valence-corrected chi connectivity index (χ3v) is 6.21. The zero-order valence-corrected chi connectivity index (χ0v) is 24.6. The summed E-state index contributed by atoms with van der Waals surface area (Å²) in [6, 6.07) is 0. The number of ether oxygens (including phenoxy) is 1. The van der Waals surface area contributed by atoms with Crippen molar-refractivity contribution >= 4 is 13.8 Å². The summed E-state index contributed by atoms with van der Waals surface area (Å²) in [5.41, 5.74) is 0. The fraction of sp³-hybridized carbons (Fsp3) is 0.679. The van der Waals surface area contributed by atoms with Gasteiger partial charge in [0.05, 0.1) is 40.5 Å². The van der Waals surface area contributed by atoms with Crippen LogP contribution in [0.4, 0.5) is 0 Å². The zero-order chi connectivity index (χ0) is 28.7. The van der Waals surface area contributed by atoms with Crippen molar-refractivity contribution in [3.05, 3.63) is 48.6 Å². The summed E-state index contributed by atoms with van der Waals surface area (Å²) < 4.78 is 27.0. The third-order valence-electron chi connectivity index (χ3n) is 5.25. The normalized spacial score (nSPS) is 16.1. The first kappa shape index (κ1) is 36.4. The molecule has 0 radical (unpaired) electrons. The van der Waals surface area contributed by atoms with E-state index in [1.807, 2.05) is 57.6 Å². The largest absolute Gasteiger partial charge is 0.756 e. The van der Waals surface area contributed by atoms with Gasteiger partial charge in [0.1, 0.15) is 19.3 Å². The monoisotopic (exact) mass is 559 g/mol. The molecule has 0 saturated heterocycles. The molecule has 10 heteroatoms. The second-order valence-electron chi connectivity index (χ2n) is 10.1. The Morgan fingerprint density at radius 2 is 1.68 bits per heavy atom. The van der Waals surface area contributed by atoms with Crippen LogP contribution in [-0.2, 0) is 23.1 Å². The first-order chi connectivity index (χ1) is 18.0. The smallest absolute Gasteiger partial charge is 0.306 e. The van der Waals surface area contributed by atoms with E-state index in [1.54, 1.807) is 0 Å². The van der Waals surface area contributed by atoms with Gasteiger partial charge in [0.2, 0.25) is 0 Å². The molecule has 0 aliphatic rings. The summed E-state index contributed by atoms with van der Waals surface area (Å²) in [6.07, 6.45) is 21.6. The van der Waals surface area contributed by atoms with Gasteiger partial charge in [0.15, 0.2) is 0 Å². The number of carbonyl (C=O) groups is 1. The van der Waals surface area contributed by atoms with Gasteiger partial charge in [-0.1, -0.05) is 74.8 Å². The lowest BCUT2D eigenvalue weighted by Crippen LogP contribution is -2.37. The van der Waals surface area contributed by atoms with Crippen molar-refractivity contribution in [2.75, 3.05) is 47.5 Å². The molecular formula is C28H50NO8P. The molecule has 0 aliphatic carbocycles. The van der Waals surface area contributed by atoms with Gasteiger partial charge in [-0.2, -0.15) is 0 Å². The lowest BCUT2D eigenvalue weighted by atomic mass is 10.1. The van der Waals surface area contributed by atoms with Crippen molar-refractivity contribution in [2.24, 2.45) is 0 Å². The van der Waals surface area contributed by atoms with Gasteiger partial charge in [0, 0.05) is 6.42 Å². The van der Waals surface area contributed by atoms with Gasteiger partial charge >= 0.3 is 5.97 Å². The van der Waals surface area contributed by atoms with Crippen LogP contribution < -0.4 is 4.89 Å². The molecule has 9 nitrogen and oxygen atoms in total. The molecule has 0 heterocycles. The Balaban J connectivity index is 3.98. The fourth-order valence-electron chi connectivity index (χ4n) is 2.98. The van der Waals surface area contributed by atoms with Crippen molar-refractivity contribution in [1.29, 1.82) is 0 Å². The molecule has 0 bridgehead atoms. The van der Waals surface area contributed by atoms with E-state index in [4.69, 9.17) is 13.8 Å². The Bertz CT molecular complexity index is 773. The summed E-state index contributed by atoms with van der Waals surface area (Å²) in [4.78, 5) is 23.8. The zero-order valence-electron chi connectivity index (χ0n) is 23.7. The van der Waals surface area contributed by atoms with Gasteiger partial charge in [-0.15, -0.1) is 0 Å². The summed E-state index contributed by atoms with van der Waals surface area (Å²) in [6.45, 7) is 1.54. The molecule has 0 aromatic carbocycles. The number of likely N-dealkylation sites (N-methyl/N-ethyl adjacent to an activating group) is 1. The highest BCUT2D eigenvalue weighted by atomic mass is 31.2. The Morgan fingerprint density at radius 3 is 2.34 bits per heavy atom. The molecule has 220 valence electrons. The van der Waals surface area contributed by atoms with Crippen LogP contribution in [0.15, 0.2) is 48.6 Å². The first-order valence-corrected chi connectivity index (χ1v) is 15.0. The average molecular weight is 560 g/mol. The van der Waals surface area contributed by atoms with E-state index in [0.29, 0.717) is 23.9 Å². The van der Waals surface area contributed by atoms with Crippen molar-refractivity contribution in [3.8, 4) is 0 Å². The van der Waals surface area contributed by atoms with Gasteiger partial charge in [-0.25, -0.2) is 0 Å². The van der Waals surface area contributed by atoms with Crippen LogP contribution >= 0.6 is 7.82 Å². The number of quaternary nitrogens is 1. The number of aliphatic hydroxyl groups is 2. The highest BCUT2D eigenvalue weighted by Gasteiger charge is 2.19. The summed E-state index contributed by atoms with van der Waals surface area (Å²) >= 11 is 0. The molecule has 0 amide bonds. The molecule has 1 unspecified atom stereocenters. The quantitative estimate of drug-likeness (QED) is 0.0476. The minimum Gasteiger partial charge on any atom is -0.756 e. The number of carbonyl (C=O) groups excluding carboxylic acids is 1. The van der Waals surface area contributed by atoms with Crippen molar-refractivity contribution in [3.63, 3.8) is 0 Å². The Labute approximate surface area is 229 Å². The van der Waals surface area contributed by atoms with E-state index in [0.717, 1.165) is 38.5 Å². The average Bonchev–Trinajstić information content (AvgIpc) is 2.83. The minimum atomic E-state index is -4.54. The molecule has 3 atom stereocenters. The molecule has 0 rings (SSSR count). The van der Waals surface area contributed by atoms with Gasteiger partial charge in [-0.3, -0.25) is 9.36 Å². The Morgan fingerprint density at radius 1 is 1.00 bits per heavy atom. The van der Waals surface area contributed by atoms with Crippen molar-refractivity contribution < 1.29 is 42.7 Å². The van der Waals surface area contributed by atoms with Crippen LogP contribution in [0.25, 0.3) is 0 Å². The topological polar surface area (TPSA) is 125 Å². The standard InChI is InChI=1S/C28H50NO8P/c1-5-6-16-19-26(31)20-17-14-12-10-8-7-9-11-13-15-18-21-28(32)37-27(24-30)25-36-38(33,34)35-23-22-29(2,3)4/h7-8,11-14,17,20,26-27,30-31H,5-6,9-10,15-16,18-19,21-25H2,1-4H3/b8-7-,13-11-,14-12-,20-17+/t26-,27+/m0/s1. The number of hydrogen-bond acceptors (Lipinski definition) is 8. The maximum absolute atomic E-state index is 12.0. The van der Waals surface area contributed by atoms with E-state index in [2.05, 4.69) is 19.1 Å². The predicted molar refractivity (Wildman–Crippen MR) is 149 cm³/mol. The second-order valence-corrected chi connectivity index (χ2v) is 11.5.